The average Bonchev–Trinajstić information content (AvgIpc) is 3.25. The van der Waals surface area contributed by atoms with Crippen molar-refractivity contribution in [2.75, 3.05) is 20.3 Å². The van der Waals surface area contributed by atoms with Crippen molar-refractivity contribution in [3.05, 3.63) is 33.7 Å². The molecule has 1 heterocycles. The number of nitrogens with zero attached hydrogens (tertiary/aromatic N) is 1. The van der Waals surface area contributed by atoms with E-state index in [0.29, 0.717) is 25.6 Å². The van der Waals surface area contributed by atoms with Crippen LogP contribution in [0.5, 0.6) is 0 Å². The third-order valence-electron chi connectivity index (χ3n) is 4.84. The summed E-state index contributed by atoms with van der Waals surface area (Å²) in [6, 6.07) is 1.51. The molecule has 5 nitrogen and oxygen atoms in total. The van der Waals surface area contributed by atoms with Crippen molar-refractivity contribution in [1.82, 2.24) is 9.88 Å². The number of hydrogen-bond acceptors (Lipinski definition) is 3. The van der Waals surface area contributed by atoms with Crippen LogP contribution in [0, 0.1) is 18.3 Å². The van der Waals surface area contributed by atoms with Gasteiger partial charge in [0.25, 0.3) is 5.91 Å². The molecule has 22 heavy (non-hydrogen) atoms. The molecule has 2 rings (SSSR count). The maximum Gasteiger partial charge on any atom is 0.256 e. The van der Waals surface area contributed by atoms with Crippen molar-refractivity contribution >= 4 is 5.91 Å². The molecular formula is C17H26N2O3. The van der Waals surface area contributed by atoms with Gasteiger partial charge >= 0.3 is 0 Å². The van der Waals surface area contributed by atoms with E-state index in [1.165, 1.54) is 6.07 Å². The minimum atomic E-state index is -0.275. The summed E-state index contributed by atoms with van der Waals surface area (Å²) in [7, 11) is 1.63. The molecule has 1 N–H and O–H groups in total. The summed E-state index contributed by atoms with van der Waals surface area (Å²) in [5, 5.41) is 2.94. The Morgan fingerprint density at radius 2 is 2.14 bits per heavy atom. The Hall–Kier alpha value is -1.62. The number of pyridine rings is 1. The van der Waals surface area contributed by atoms with E-state index in [1.807, 2.05) is 11.5 Å². The van der Waals surface area contributed by atoms with Crippen LogP contribution in [0.1, 0.15) is 42.7 Å². The van der Waals surface area contributed by atoms with Gasteiger partial charge in [-0.25, -0.2) is 0 Å². The number of ether oxygens (including phenoxy) is 1. The summed E-state index contributed by atoms with van der Waals surface area (Å²) in [4.78, 5) is 24.4. The van der Waals surface area contributed by atoms with Gasteiger partial charge in [0.15, 0.2) is 5.43 Å². The number of carbonyl (C=O) groups excluding carboxylic acids is 1. The third-order valence-corrected chi connectivity index (χ3v) is 4.84. The zero-order chi connectivity index (χ0) is 16.3. The van der Waals surface area contributed by atoms with Gasteiger partial charge in [0, 0.05) is 38.2 Å². The topological polar surface area (TPSA) is 60.3 Å². The van der Waals surface area contributed by atoms with E-state index < -0.39 is 0 Å². The second kappa shape index (κ2) is 6.65. The summed E-state index contributed by atoms with van der Waals surface area (Å²) in [6.45, 7) is 8.04. The molecule has 1 aliphatic carbocycles. The van der Waals surface area contributed by atoms with E-state index in [-0.39, 0.29) is 22.3 Å². The largest absolute Gasteiger partial charge is 0.383 e. The zero-order valence-electron chi connectivity index (χ0n) is 13.9. The normalized spacial score (nSPS) is 15.9. The number of amides is 1. The van der Waals surface area contributed by atoms with Crippen molar-refractivity contribution in [3.63, 3.8) is 0 Å². The number of carbonyl (C=O) groups is 1. The van der Waals surface area contributed by atoms with Crippen LogP contribution in [0.25, 0.3) is 0 Å². The Kier molecular flexibility index (Phi) is 5.06. The number of hydrogen-bond donors (Lipinski definition) is 1. The molecule has 5 heteroatoms. The van der Waals surface area contributed by atoms with Gasteiger partial charge in [0.05, 0.1) is 6.61 Å². The number of aromatic nitrogens is 1. The van der Waals surface area contributed by atoms with E-state index in [1.54, 1.807) is 13.3 Å². The standard InChI is InChI=1S/C17H26N2O3/c1-12(2)17(5-6-17)11-18-16(21)14-10-19(7-8-22-4)13(3)9-15(14)20/h9-10,12H,5-8,11H2,1-4H3,(H,18,21). The van der Waals surface area contributed by atoms with Crippen molar-refractivity contribution in [1.29, 1.82) is 0 Å². The molecule has 0 spiro atoms. The van der Waals surface area contributed by atoms with Crippen LogP contribution in [0.3, 0.4) is 0 Å². The lowest BCUT2D eigenvalue weighted by Crippen LogP contribution is -2.35. The van der Waals surface area contributed by atoms with Gasteiger partial charge in [-0.15, -0.1) is 0 Å². The molecule has 1 amide bonds. The number of aryl methyl sites for hydroxylation is 1. The van der Waals surface area contributed by atoms with E-state index in [0.717, 1.165) is 18.5 Å². The molecule has 0 aromatic carbocycles. The Balaban J connectivity index is 2.10. The molecule has 1 fully saturated rings. The predicted octanol–water partition coefficient (Wildman–Crippen LogP) is 1.97. The number of methoxy groups -OCH3 is 1. The van der Waals surface area contributed by atoms with Crippen LogP contribution in [0.2, 0.25) is 0 Å². The highest BCUT2D eigenvalue weighted by molar-refractivity contribution is 5.93. The molecule has 0 unspecified atom stereocenters. The molecule has 0 bridgehead atoms. The quantitative estimate of drug-likeness (QED) is 0.838. The molecule has 0 aliphatic heterocycles. The van der Waals surface area contributed by atoms with Crippen LogP contribution >= 0.6 is 0 Å². The Bertz CT molecular complexity index is 600. The van der Waals surface area contributed by atoms with Gasteiger partial charge in [0.2, 0.25) is 0 Å². The number of rotatable bonds is 7. The van der Waals surface area contributed by atoms with E-state index in [9.17, 15) is 9.59 Å². The second-order valence-electron chi connectivity index (χ2n) is 6.58. The number of nitrogens with one attached hydrogen (secondary N) is 1. The molecule has 1 saturated carbocycles. The fourth-order valence-electron chi connectivity index (χ4n) is 2.74. The van der Waals surface area contributed by atoms with Crippen LogP contribution in [0.4, 0.5) is 0 Å². The van der Waals surface area contributed by atoms with E-state index in [4.69, 9.17) is 4.74 Å². The fraction of sp³-hybridized carbons (Fsp3) is 0.647. The maximum atomic E-state index is 12.3. The van der Waals surface area contributed by atoms with Crippen molar-refractivity contribution < 1.29 is 9.53 Å². The van der Waals surface area contributed by atoms with Crippen molar-refractivity contribution in [2.24, 2.45) is 11.3 Å². The molecule has 122 valence electrons. The lowest BCUT2D eigenvalue weighted by molar-refractivity contribution is 0.0937. The molecule has 1 aromatic rings. The molecule has 0 atom stereocenters. The van der Waals surface area contributed by atoms with Crippen LogP contribution < -0.4 is 10.7 Å². The van der Waals surface area contributed by atoms with Gasteiger partial charge < -0.3 is 14.6 Å². The fourth-order valence-corrected chi connectivity index (χ4v) is 2.74. The molecular weight excluding hydrogens is 280 g/mol. The van der Waals surface area contributed by atoms with Gasteiger partial charge in [0.1, 0.15) is 5.56 Å². The van der Waals surface area contributed by atoms with Crippen LogP contribution in [0.15, 0.2) is 17.1 Å². The second-order valence-corrected chi connectivity index (χ2v) is 6.58. The average molecular weight is 306 g/mol. The summed E-state index contributed by atoms with van der Waals surface area (Å²) in [5.41, 5.74) is 1.05. The minimum absolute atomic E-state index is 0.209. The lowest BCUT2D eigenvalue weighted by Gasteiger charge is -2.20. The zero-order valence-corrected chi connectivity index (χ0v) is 13.9. The monoisotopic (exact) mass is 306 g/mol. The Morgan fingerprint density at radius 3 is 2.68 bits per heavy atom. The minimum Gasteiger partial charge on any atom is -0.383 e. The highest BCUT2D eigenvalue weighted by atomic mass is 16.5. The first-order valence-corrected chi connectivity index (χ1v) is 7.88. The lowest BCUT2D eigenvalue weighted by atomic mass is 9.92. The smallest absolute Gasteiger partial charge is 0.256 e. The van der Waals surface area contributed by atoms with Crippen LogP contribution in [-0.2, 0) is 11.3 Å². The maximum absolute atomic E-state index is 12.3. The predicted molar refractivity (Wildman–Crippen MR) is 86.2 cm³/mol. The summed E-state index contributed by atoms with van der Waals surface area (Å²) in [6.07, 6.45) is 3.94. The van der Waals surface area contributed by atoms with E-state index >= 15 is 0 Å². The molecule has 1 aliphatic rings. The molecule has 1 aromatic heterocycles. The Morgan fingerprint density at radius 1 is 1.45 bits per heavy atom. The first-order chi connectivity index (χ1) is 10.4. The third kappa shape index (κ3) is 3.58. The van der Waals surface area contributed by atoms with Gasteiger partial charge in [-0.05, 0) is 31.1 Å². The Labute approximate surface area is 131 Å². The first-order valence-electron chi connectivity index (χ1n) is 7.88. The molecule has 0 radical (unpaired) electrons. The SMILES string of the molecule is COCCn1cc(C(=O)NCC2(C(C)C)CC2)c(=O)cc1C. The summed E-state index contributed by atoms with van der Waals surface area (Å²) < 4.78 is 6.94. The highest BCUT2D eigenvalue weighted by Gasteiger charge is 2.45. The van der Waals surface area contributed by atoms with Crippen LogP contribution in [-0.4, -0.2) is 30.7 Å². The summed E-state index contributed by atoms with van der Waals surface area (Å²) in [5.74, 6) is 0.271. The highest BCUT2D eigenvalue weighted by Crippen LogP contribution is 2.51. The van der Waals surface area contributed by atoms with Crippen molar-refractivity contribution in [2.45, 2.75) is 40.2 Å². The van der Waals surface area contributed by atoms with Gasteiger partial charge in [-0.3, -0.25) is 9.59 Å². The summed E-state index contributed by atoms with van der Waals surface area (Å²) >= 11 is 0. The molecule has 0 saturated heterocycles. The van der Waals surface area contributed by atoms with Crippen molar-refractivity contribution in [3.8, 4) is 0 Å². The van der Waals surface area contributed by atoms with E-state index in [2.05, 4.69) is 19.2 Å². The van der Waals surface area contributed by atoms with Gasteiger partial charge in [-0.1, -0.05) is 13.8 Å². The first kappa shape index (κ1) is 16.7. The van der Waals surface area contributed by atoms with Gasteiger partial charge in [-0.2, -0.15) is 0 Å².